The third kappa shape index (κ3) is 1.86. The Balaban J connectivity index is 1.83. The highest BCUT2D eigenvalue weighted by atomic mass is 32.1. The summed E-state index contributed by atoms with van der Waals surface area (Å²) < 4.78 is 12.5. The van der Waals surface area contributed by atoms with Gasteiger partial charge in [-0.15, -0.1) is 0 Å². The summed E-state index contributed by atoms with van der Waals surface area (Å²) in [5.41, 5.74) is 2.47. The highest BCUT2D eigenvalue weighted by Gasteiger charge is 2.20. The van der Waals surface area contributed by atoms with Crippen LogP contribution < -0.4 is 9.47 Å². The first kappa shape index (κ1) is 13.1. The van der Waals surface area contributed by atoms with Gasteiger partial charge >= 0.3 is 5.97 Å². The van der Waals surface area contributed by atoms with E-state index in [2.05, 4.69) is 4.98 Å². The van der Waals surface area contributed by atoms with Crippen LogP contribution >= 0.6 is 11.3 Å². The van der Waals surface area contributed by atoms with Gasteiger partial charge in [0.1, 0.15) is 4.88 Å². The molecular formula is C15H12N2O4S. The molecule has 0 fully saturated rings. The third-order valence-electron chi connectivity index (χ3n) is 3.62. The number of hydrogen-bond donors (Lipinski definition) is 1. The highest BCUT2D eigenvalue weighted by molar-refractivity contribution is 7.19. The lowest BCUT2D eigenvalue weighted by Crippen LogP contribution is -1.99. The molecule has 0 unspecified atom stereocenters. The summed E-state index contributed by atoms with van der Waals surface area (Å²) in [7, 11) is 0. The number of carboxylic acid groups (broad SMARTS) is 1. The average molecular weight is 316 g/mol. The summed E-state index contributed by atoms with van der Waals surface area (Å²) >= 11 is 1.19. The maximum absolute atomic E-state index is 11.3. The van der Waals surface area contributed by atoms with Crippen molar-refractivity contribution in [3.05, 3.63) is 35.0 Å². The van der Waals surface area contributed by atoms with Crippen LogP contribution in [0.3, 0.4) is 0 Å². The number of aromatic nitrogens is 2. The summed E-state index contributed by atoms with van der Waals surface area (Å²) in [5, 5.41) is 9.25. The molecule has 112 valence electrons. The van der Waals surface area contributed by atoms with Gasteiger partial charge in [0, 0.05) is 17.5 Å². The first-order valence-electron chi connectivity index (χ1n) is 6.81. The molecule has 3 aromatic rings. The van der Waals surface area contributed by atoms with E-state index in [1.807, 2.05) is 35.7 Å². The minimum Gasteiger partial charge on any atom is -0.477 e. The van der Waals surface area contributed by atoms with Gasteiger partial charge in [0.2, 0.25) is 6.79 Å². The van der Waals surface area contributed by atoms with E-state index in [-0.39, 0.29) is 6.79 Å². The number of thiazole rings is 1. The fraction of sp³-hybridized carbons (Fsp3) is 0.200. The highest BCUT2D eigenvalue weighted by Crippen LogP contribution is 2.36. The van der Waals surface area contributed by atoms with Crippen molar-refractivity contribution in [2.24, 2.45) is 0 Å². The third-order valence-corrected chi connectivity index (χ3v) is 4.70. The minimum absolute atomic E-state index is 0.235. The summed E-state index contributed by atoms with van der Waals surface area (Å²) in [5.74, 6) is 0.528. The van der Waals surface area contributed by atoms with Gasteiger partial charge in [-0.05, 0) is 24.6 Å². The fourth-order valence-electron chi connectivity index (χ4n) is 2.58. The minimum atomic E-state index is -0.906. The number of carboxylic acids is 1. The first-order valence-corrected chi connectivity index (χ1v) is 7.63. The van der Waals surface area contributed by atoms with Crippen LogP contribution in [-0.4, -0.2) is 27.3 Å². The van der Waals surface area contributed by atoms with Crippen molar-refractivity contribution in [3.63, 3.8) is 0 Å². The molecule has 0 bridgehead atoms. The largest absolute Gasteiger partial charge is 0.477 e. The fourth-order valence-corrected chi connectivity index (χ4v) is 3.62. The zero-order valence-electron chi connectivity index (χ0n) is 11.7. The molecule has 7 heteroatoms. The van der Waals surface area contributed by atoms with Gasteiger partial charge < -0.3 is 14.6 Å². The Morgan fingerprint density at radius 2 is 2.23 bits per heavy atom. The number of rotatable bonds is 3. The van der Waals surface area contributed by atoms with Gasteiger partial charge in [0.25, 0.3) is 0 Å². The molecule has 1 aromatic carbocycles. The van der Waals surface area contributed by atoms with Crippen molar-refractivity contribution >= 4 is 22.3 Å². The molecule has 2 aromatic heterocycles. The summed E-state index contributed by atoms with van der Waals surface area (Å²) in [6.07, 6.45) is 2.51. The molecule has 1 N–H and O–H groups in total. The van der Waals surface area contributed by atoms with Crippen LogP contribution in [0.1, 0.15) is 22.3 Å². The molecule has 6 nitrogen and oxygen atoms in total. The second-order valence-electron chi connectivity index (χ2n) is 4.88. The number of benzene rings is 1. The predicted molar refractivity (Wildman–Crippen MR) is 81.0 cm³/mol. The second kappa shape index (κ2) is 4.74. The monoisotopic (exact) mass is 316 g/mol. The SMILES string of the molecule is CCc1c(C(=O)O)sc2nc(-c3ccc4c(c3)OCO4)cn12. The van der Waals surface area contributed by atoms with Crippen molar-refractivity contribution in [2.75, 3.05) is 6.79 Å². The standard InChI is InChI=1S/C15H12N2O4S/c1-2-10-13(14(18)19)22-15-16-9(6-17(10)15)8-3-4-11-12(5-8)21-7-20-11/h3-6H,2,7H2,1H3,(H,18,19). The second-order valence-corrected chi connectivity index (χ2v) is 5.86. The molecule has 1 aliphatic rings. The van der Waals surface area contributed by atoms with Gasteiger partial charge in [-0.1, -0.05) is 18.3 Å². The topological polar surface area (TPSA) is 73.1 Å². The lowest BCUT2D eigenvalue weighted by Gasteiger charge is -2.00. The smallest absolute Gasteiger partial charge is 0.347 e. The average Bonchev–Trinajstić information content (AvgIpc) is 3.19. The number of hydrogen-bond acceptors (Lipinski definition) is 5. The van der Waals surface area contributed by atoms with Crippen LogP contribution in [0.5, 0.6) is 11.5 Å². The first-order chi connectivity index (χ1) is 10.7. The summed E-state index contributed by atoms with van der Waals surface area (Å²) in [6.45, 7) is 2.17. The van der Waals surface area contributed by atoms with E-state index < -0.39 is 5.97 Å². The number of aryl methyl sites for hydroxylation is 1. The van der Waals surface area contributed by atoms with Crippen molar-refractivity contribution < 1.29 is 19.4 Å². The molecule has 0 saturated carbocycles. The van der Waals surface area contributed by atoms with E-state index in [1.54, 1.807) is 0 Å². The Kier molecular flexibility index (Phi) is 2.83. The quantitative estimate of drug-likeness (QED) is 0.804. The zero-order valence-corrected chi connectivity index (χ0v) is 12.5. The summed E-state index contributed by atoms with van der Waals surface area (Å²) in [4.78, 5) is 16.8. The van der Waals surface area contributed by atoms with Crippen LogP contribution in [0, 0.1) is 0 Å². The molecule has 0 saturated heterocycles. The Morgan fingerprint density at radius 3 is 3.00 bits per heavy atom. The van der Waals surface area contributed by atoms with Crippen LogP contribution in [0.4, 0.5) is 0 Å². The van der Waals surface area contributed by atoms with Gasteiger partial charge in [-0.25, -0.2) is 9.78 Å². The summed E-state index contributed by atoms with van der Waals surface area (Å²) in [6, 6.07) is 5.66. The molecule has 0 radical (unpaired) electrons. The molecule has 22 heavy (non-hydrogen) atoms. The molecular weight excluding hydrogens is 304 g/mol. The molecule has 0 spiro atoms. The normalized spacial score (nSPS) is 13.0. The molecule has 4 rings (SSSR count). The maximum atomic E-state index is 11.3. The molecule has 1 aliphatic heterocycles. The lowest BCUT2D eigenvalue weighted by molar-refractivity contribution is 0.0700. The maximum Gasteiger partial charge on any atom is 0.347 e. The van der Waals surface area contributed by atoms with Crippen molar-refractivity contribution in [1.29, 1.82) is 0 Å². The molecule has 0 amide bonds. The van der Waals surface area contributed by atoms with E-state index in [9.17, 15) is 9.90 Å². The van der Waals surface area contributed by atoms with E-state index in [4.69, 9.17) is 9.47 Å². The Bertz CT molecular complexity index is 896. The van der Waals surface area contributed by atoms with Crippen LogP contribution in [-0.2, 0) is 6.42 Å². The zero-order chi connectivity index (χ0) is 15.3. The van der Waals surface area contributed by atoms with E-state index in [1.165, 1.54) is 11.3 Å². The van der Waals surface area contributed by atoms with Crippen molar-refractivity contribution in [1.82, 2.24) is 9.38 Å². The van der Waals surface area contributed by atoms with Crippen molar-refractivity contribution in [3.8, 4) is 22.8 Å². The Hall–Kier alpha value is -2.54. The Morgan fingerprint density at radius 1 is 1.41 bits per heavy atom. The van der Waals surface area contributed by atoms with E-state index in [0.29, 0.717) is 22.0 Å². The van der Waals surface area contributed by atoms with Gasteiger partial charge in [0.15, 0.2) is 16.5 Å². The number of nitrogens with zero attached hydrogens (tertiary/aromatic N) is 2. The number of carbonyl (C=O) groups is 1. The van der Waals surface area contributed by atoms with Gasteiger partial charge in [0.05, 0.1) is 5.69 Å². The van der Waals surface area contributed by atoms with E-state index in [0.717, 1.165) is 22.7 Å². The molecule has 3 heterocycles. The number of aromatic carboxylic acids is 1. The van der Waals surface area contributed by atoms with Gasteiger partial charge in [-0.2, -0.15) is 0 Å². The van der Waals surface area contributed by atoms with Crippen LogP contribution in [0.15, 0.2) is 24.4 Å². The van der Waals surface area contributed by atoms with Crippen LogP contribution in [0.25, 0.3) is 16.2 Å². The lowest BCUT2D eigenvalue weighted by atomic mass is 10.1. The molecule has 0 aliphatic carbocycles. The Labute approximate surface area is 129 Å². The van der Waals surface area contributed by atoms with E-state index >= 15 is 0 Å². The van der Waals surface area contributed by atoms with Crippen LogP contribution in [0.2, 0.25) is 0 Å². The van der Waals surface area contributed by atoms with Gasteiger partial charge in [-0.3, -0.25) is 4.40 Å². The number of imidazole rings is 1. The number of fused-ring (bicyclic) bond motifs is 2. The predicted octanol–water partition coefficient (Wildman–Crippen LogP) is 3.05. The van der Waals surface area contributed by atoms with Crippen molar-refractivity contribution in [2.45, 2.75) is 13.3 Å². The molecule has 0 atom stereocenters. The number of ether oxygens (including phenoxy) is 2.